The molecule has 4 rings (SSSR count). The Morgan fingerprint density at radius 3 is 2.31 bits per heavy atom. The third-order valence-corrected chi connectivity index (χ3v) is 7.08. The molecule has 0 fully saturated rings. The lowest BCUT2D eigenvalue weighted by Crippen LogP contribution is -2.04. The van der Waals surface area contributed by atoms with Gasteiger partial charge < -0.3 is 9.09 Å². The minimum absolute atomic E-state index is 0.222. The number of thioether (sulfide) groups is 1. The summed E-state index contributed by atoms with van der Waals surface area (Å²) in [5, 5.41) is 0. The number of hydrogen-bond donors (Lipinski definition) is 0. The maximum Gasteiger partial charge on any atom is 0.530 e. The van der Waals surface area contributed by atoms with Crippen LogP contribution in [0.5, 0.6) is 0 Å². The highest BCUT2D eigenvalue weighted by Gasteiger charge is 2.33. The summed E-state index contributed by atoms with van der Waals surface area (Å²) in [6.45, 7) is 3.98. The minimum atomic E-state index is -3.78. The first-order valence-corrected chi connectivity index (χ1v) is 11.8. The normalized spacial score (nSPS) is 13.6. The van der Waals surface area contributed by atoms with E-state index < -0.39 is 7.82 Å². The smallest absolute Gasteiger partial charge is 0.401 e. The van der Waals surface area contributed by atoms with Crippen molar-refractivity contribution in [2.45, 2.75) is 18.7 Å². The summed E-state index contributed by atoms with van der Waals surface area (Å²) >= 11 is 1.58. The van der Waals surface area contributed by atoms with E-state index in [0.29, 0.717) is 5.76 Å². The molecule has 2 aromatic carbocycles. The number of phosphoric ester groups is 1. The lowest BCUT2D eigenvalue weighted by molar-refractivity contribution is 0.159. The van der Waals surface area contributed by atoms with E-state index >= 15 is 0 Å². The molecule has 5 nitrogen and oxygen atoms in total. The maximum absolute atomic E-state index is 13.3. The first-order valence-electron chi connectivity index (χ1n) is 9.48. The van der Waals surface area contributed by atoms with Gasteiger partial charge in [0.15, 0.2) is 5.76 Å². The van der Waals surface area contributed by atoms with E-state index in [0.717, 1.165) is 26.7 Å². The van der Waals surface area contributed by atoms with Crippen LogP contribution in [-0.2, 0) is 18.1 Å². The monoisotopic (exact) mass is 427 g/mol. The fourth-order valence-electron chi connectivity index (χ4n) is 3.18. The molecule has 0 unspecified atom stereocenters. The zero-order valence-electron chi connectivity index (χ0n) is 16.3. The molecule has 0 amide bonds. The Bertz CT molecular complexity index is 1070. The van der Waals surface area contributed by atoms with Crippen LogP contribution in [0.3, 0.4) is 0 Å². The van der Waals surface area contributed by atoms with E-state index in [2.05, 4.69) is 12.1 Å². The van der Waals surface area contributed by atoms with Crippen LogP contribution in [0.4, 0.5) is 0 Å². The van der Waals surface area contributed by atoms with E-state index in [1.165, 1.54) is 0 Å². The van der Waals surface area contributed by atoms with Gasteiger partial charge in [0.05, 0.1) is 29.5 Å². The van der Waals surface area contributed by atoms with E-state index in [1.54, 1.807) is 25.6 Å². The number of phosphoric acid groups is 1. The van der Waals surface area contributed by atoms with Gasteiger partial charge in [-0.15, -0.1) is 0 Å². The van der Waals surface area contributed by atoms with Crippen LogP contribution in [0, 0.1) is 0 Å². The number of para-hydroxylation sites is 1. The van der Waals surface area contributed by atoms with Gasteiger partial charge >= 0.3 is 7.82 Å². The average Bonchev–Trinajstić information content (AvgIpc) is 3.17. The number of hydrogen-bond acceptors (Lipinski definition) is 5. The summed E-state index contributed by atoms with van der Waals surface area (Å²) in [5.41, 5.74) is 2.80. The predicted molar refractivity (Wildman–Crippen MR) is 117 cm³/mol. The number of nitrogens with zero attached hydrogens (tertiary/aromatic N) is 1. The molecule has 0 N–H and O–H groups in total. The van der Waals surface area contributed by atoms with Crippen LogP contribution in [0.15, 0.2) is 77.8 Å². The molecular formula is C22H22NO4PS. The highest BCUT2D eigenvalue weighted by Crippen LogP contribution is 2.56. The van der Waals surface area contributed by atoms with Crippen molar-refractivity contribution in [2.24, 2.45) is 0 Å². The van der Waals surface area contributed by atoms with E-state index in [4.69, 9.17) is 13.6 Å². The number of benzene rings is 2. The number of rotatable bonds is 7. The topological polar surface area (TPSA) is 49.7 Å². The van der Waals surface area contributed by atoms with Crippen molar-refractivity contribution in [3.05, 3.63) is 84.2 Å². The molecule has 3 aromatic rings. The number of aromatic nitrogens is 1. The molecule has 1 aliphatic heterocycles. The summed E-state index contributed by atoms with van der Waals surface area (Å²) in [7, 11) is -3.78. The molecule has 0 bridgehead atoms. The van der Waals surface area contributed by atoms with Crippen molar-refractivity contribution in [3.8, 4) is 5.69 Å². The zero-order chi connectivity index (χ0) is 20.3. The molecule has 29 heavy (non-hydrogen) atoms. The largest absolute Gasteiger partial charge is 0.530 e. The predicted octanol–water partition coefficient (Wildman–Crippen LogP) is 6.61. The van der Waals surface area contributed by atoms with Gasteiger partial charge in [-0.1, -0.05) is 54.2 Å². The number of fused-ring (bicyclic) bond motifs is 3. The average molecular weight is 427 g/mol. The SMILES string of the molecule is CCOP(=O)(OCC)OC1=C(c2ccccc2)Sc2ccccc2-n2cccc21. The minimum Gasteiger partial charge on any atom is -0.401 e. The van der Waals surface area contributed by atoms with Gasteiger partial charge in [-0.05, 0) is 43.7 Å². The quantitative estimate of drug-likeness (QED) is 0.397. The third kappa shape index (κ3) is 4.07. The lowest BCUT2D eigenvalue weighted by Gasteiger charge is -2.21. The summed E-state index contributed by atoms with van der Waals surface area (Å²) in [6, 6.07) is 22.0. The van der Waals surface area contributed by atoms with Crippen LogP contribution in [-0.4, -0.2) is 17.8 Å². The van der Waals surface area contributed by atoms with Gasteiger partial charge in [0.2, 0.25) is 0 Å². The van der Waals surface area contributed by atoms with Gasteiger partial charge in [-0.3, -0.25) is 9.05 Å². The van der Waals surface area contributed by atoms with Gasteiger partial charge in [-0.2, -0.15) is 0 Å². The summed E-state index contributed by atoms with van der Waals surface area (Å²) in [4.78, 5) is 1.93. The molecule has 0 saturated carbocycles. The molecule has 0 aliphatic carbocycles. The molecule has 0 radical (unpaired) electrons. The van der Waals surface area contributed by atoms with Crippen molar-refractivity contribution in [3.63, 3.8) is 0 Å². The fraction of sp³-hybridized carbons (Fsp3) is 0.182. The summed E-state index contributed by atoms with van der Waals surface area (Å²) < 4.78 is 32.2. The van der Waals surface area contributed by atoms with Crippen molar-refractivity contribution in [1.29, 1.82) is 0 Å². The Balaban J connectivity index is 1.94. The molecular weight excluding hydrogens is 405 g/mol. The molecule has 1 aliphatic rings. The van der Waals surface area contributed by atoms with Crippen LogP contribution >= 0.6 is 19.6 Å². The van der Waals surface area contributed by atoms with Gasteiger partial charge in [0, 0.05) is 11.1 Å². The van der Waals surface area contributed by atoms with Gasteiger partial charge in [0.1, 0.15) is 0 Å². The van der Waals surface area contributed by atoms with E-state index in [-0.39, 0.29) is 13.2 Å². The summed E-state index contributed by atoms with van der Waals surface area (Å²) in [5.74, 6) is 0.479. The van der Waals surface area contributed by atoms with Gasteiger partial charge in [0.25, 0.3) is 0 Å². The molecule has 7 heteroatoms. The molecule has 0 spiro atoms. The Morgan fingerprint density at radius 2 is 1.59 bits per heavy atom. The third-order valence-electron chi connectivity index (χ3n) is 4.34. The lowest BCUT2D eigenvalue weighted by atomic mass is 10.2. The molecule has 1 aromatic heterocycles. The van der Waals surface area contributed by atoms with Crippen molar-refractivity contribution in [2.75, 3.05) is 13.2 Å². The first-order chi connectivity index (χ1) is 14.1. The summed E-state index contributed by atoms with van der Waals surface area (Å²) in [6.07, 6.45) is 1.97. The second kappa shape index (κ2) is 8.64. The Kier molecular flexibility index (Phi) is 5.97. The van der Waals surface area contributed by atoms with Crippen molar-refractivity contribution in [1.82, 2.24) is 4.57 Å². The molecule has 0 saturated heterocycles. The zero-order valence-corrected chi connectivity index (χ0v) is 18.0. The Labute approximate surface area is 174 Å². The van der Waals surface area contributed by atoms with Crippen LogP contribution in [0.25, 0.3) is 16.4 Å². The molecule has 150 valence electrons. The Morgan fingerprint density at radius 1 is 0.897 bits per heavy atom. The van der Waals surface area contributed by atoms with E-state index in [9.17, 15) is 4.57 Å². The standard InChI is InChI=1S/C22H22NO4PS/c1-3-25-28(24,26-4-2)27-21-19-14-10-16-23(19)18-13-8-9-15-20(18)29-22(21)17-11-6-5-7-12-17/h5-16H,3-4H2,1-2H3. The Hall–Kier alpha value is -2.24. The molecule has 0 atom stereocenters. The molecule has 2 heterocycles. The van der Waals surface area contributed by atoms with Gasteiger partial charge in [-0.25, -0.2) is 4.57 Å². The first kappa shape index (κ1) is 20.0. The fourth-order valence-corrected chi connectivity index (χ4v) is 5.59. The van der Waals surface area contributed by atoms with Crippen LogP contribution in [0.2, 0.25) is 0 Å². The van der Waals surface area contributed by atoms with Crippen LogP contribution < -0.4 is 0 Å². The van der Waals surface area contributed by atoms with Crippen LogP contribution in [0.1, 0.15) is 25.1 Å². The van der Waals surface area contributed by atoms with Crippen molar-refractivity contribution < 1.29 is 18.1 Å². The highest BCUT2D eigenvalue weighted by molar-refractivity contribution is 8.08. The van der Waals surface area contributed by atoms with E-state index in [1.807, 2.05) is 65.4 Å². The second-order valence-electron chi connectivity index (χ2n) is 6.23. The maximum atomic E-state index is 13.3. The highest BCUT2D eigenvalue weighted by atomic mass is 32.2. The second-order valence-corrected chi connectivity index (χ2v) is 8.88. The van der Waals surface area contributed by atoms with Crippen molar-refractivity contribution >= 4 is 30.2 Å².